The highest BCUT2D eigenvalue weighted by Crippen LogP contribution is 2.55. The van der Waals surface area contributed by atoms with Crippen molar-refractivity contribution in [1.29, 1.82) is 0 Å². The Kier molecular flexibility index (Phi) is 5.44. The Morgan fingerprint density at radius 3 is 2.68 bits per heavy atom. The van der Waals surface area contributed by atoms with E-state index in [1.54, 1.807) is 6.20 Å². The first-order valence-corrected chi connectivity index (χ1v) is 10.4. The minimum atomic E-state index is 0.0250. The number of aromatic nitrogens is 2. The number of carbonyl (C=O) groups excluding carboxylic acids is 1. The molecule has 0 radical (unpaired) electrons. The highest BCUT2D eigenvalue weighted by molar-refractivity contribution is 5.95. The second-order valence-electron chi connectivity index (χ2n) is 8.10. The number of rotatable bonds is 5. The molecule has 1 aromatic heterocycles. The zero-order valence-corrected chi connectivity index (χ0v) is 16.8. The molecule has 1 spiro atoms. The van der Waals surface area contributed by atoms with E-state index in [1.165, 1.54) is 19.3 Å². The molecule has 28 heavy (non-hydrogen) atoms. The fourth-order valence-electron chi connectivity index (χ4n) is 5.15. The van der Waals surface area contributed by atoms with E-state index in [1.807, 2.05) is 48.3 Å². The molecule has 0 bridgehead atoms. The molecule has 2 atom stereocenters. The monoisotopic (exact) mass is 379 g/mol. The molecule has 2 aromatic rings. The summed E-state index contributed by atoms with van der Waals surface area (Å²) in [7, 11) is 1.94. The van der Waals surface area contributed by atoms with Gasteiger partial charge in [-0.25, -0.2) is 0 Å². The van der Waals surface area contributed by atoms with Crippen LogP contribution in [0.1, 0.15) is 55.8 Å². The number of benzene rings is 1. The van der Waals surface area contributed by atoms with E-state index >= 15 is 0 Å². The molecule has 1 heterocycles. The normalized spacial score (nSPS) is 23.2. The first kappa shape index (κ1) is 19.1. The molecule has 0 N–H and O–H groups in total. The highest BCUT2D eigenvalue weighted by atomic mass is 16.5. The molecule has 0 saturated heterocycles. The van der Waals surface area contributed by atoms with Crippen LogP contribution < -0.4 is 0 Å². The molecule has 2 aliphatic carbocycles. The molecule has 2 saturated carbocycles. The van der Waals surface area contributed by atoms with Crippen molar-refractivity contribution in [3.05, 3.63) is 48.2 Å². The number of hydrogen-bond donors (Lipinski definition) is 0. The van der Waals surface area contributed by atoms with Crippen LogP contribution in [0.2, 0.25) is 0 Å². The topological polar surface area (TPSA) is 55.3 Å². The van der Waals surface area contributed by atoms with Gasteiger partial charge in [0.25, 0.3) is 5.91 Å². The lowest BCUT2D eigenvalue weighted by Crippen LogP contribution is -2.65. The van der Waals surface area contributed by atoms with E-state index in [-0.39, 0.29) is 23.5 Å². The van der Waals surface area contributed by atoms with Gasteiger partial charge in [0.1, 0.15) is 0 Å². The van der Waals surface area contributed by atoms with Gasteiger partial charge in [-0.05, 0) is 32.3 Å². The summed E-state index contributed by atoms with van der Waals surface area (Å²) in [5.74, 6) is 0.0250. The number of nitrogens with zero attached hydrogens (tertiary/aromatic N) is 3. The Labute approximate surface area is 167 Å². The number of amides is 1. The third-order valence-electron chi connectivity index (χ3n) is 6.65. The quantitative estimate of drug-likeness (QED) is 0.775. The van der Waals surface area contributed by atoms with Gasteiger partial charge in [0.15, 0.2) is 0 Å². The van der Waals surface area contributed by atoms with Crippen molar-refractivity contribution in [2.45, 2.75) is 57.6 Å². The van der Waals surface area contributed by atoms with Crippen molar-refractivity contribution >= 4 is 5.91 Å². The summed E-state index contributed by atoms with van der Waals surface area (Å²) < 4.78 is 6.05. The maximum absolute atomic E-state index is 13.3. The van der Waals surface area contributed by atoms with Gasteiger partial charge in [-0.3, -0.25) is 4.79 Å². The largest absolute Gasteiger partial charge is 0.378 e. The van der Waals surface area contributed by atoms with E-state index in [0.29, 0.717) is 5.56 Å². The summed E-state index contributed by atoms with van der Waals surface area (Å²) in [5, 5.41) is 8.30. The average Bonchev–Trinajstić information content (AvgIpc) is 2.76. The zero-order valence-electron chi connectivity index (χ0n) is 16.8. The molecule has 5 heteroatoms. The van der Waals surface area contributed by atoms with E-state index in [0.717, 1.165) is 37.1 Å². The van der Waals surface area contributed by atoms with Crippen molar-refractivity contribution < 1.29 is 9.53 Å². The molecule has 2 fully saturated rings. The molecule has 1 amide bonds. The molecular weight excluding hydrogens is 350 g/mol. The fourth-order valence-corrected chi connectivity index (χ4v) is 5.15. The van der Waals surface area contributed by atoms with Crippen molar-refractivity contribution in [3.63, 3.8) is 0 Å². The predicted octanol–water partition coefficient (Wildman–Crippen LogP) is 4.34. The van der Waals surface area contributed by atoms with Crippen molar-refractivity contribution in [3.8, 4) is 11.3 Å². The number of carbonyl (C=O) groups is 1. The van der Waals surface area contributed by atoms with Crippen molar-refractivity contribution in [2.75, 3.05) is 13.7 Å². The zero-order chi connectivity index (χ0) is 19.6. The summed E-state index contributed by atoms with van der Waals surface area (Å²) in [6.45, 7) is 2.80. The summed E-state index contributed by atoms with van der Waals surface area (Å²) in [6.07, 6.45) is 8.87. The Bertz CT molecular complexity index is 818. The van der Waals surface area contributed by atoms with Crippen molar-refractivity contribution in [2.24, 2.45) is 5.41 Å². The summed E-state index contributed by atoms with van der Waals surface area (Å²) in [4.78, 5) is 15.2. The second-order valence-corrected chi connectivity index (χ2v) is 8.10. The fraction of sp³-hybridized carbons (Fsp3) is 0.522. The summed E-state index contributed by atoms with van der Waals surface area (Å²) in [6, 6.07) is 12.0. The Balaban J connectivity index is 1.55. The lowest BCUT2D eigenvalue weighted by Gasteiger charge is -2.60. The maximum atomic E-state index is 13.3. The summed E-state index contributed by atoms with van der Waals surface area (Å²) >= 11 is 0. The van der Waals surface area contributed by atoms with Crippen LogP contribution in [0, 0.1) is 5.41 Å². The maximum Gasteiger partial charge on any atom is 0.255 e. The van der Waals surface area contributed by atoms with Crippen LogP contribution in [0.5, 0.6) is 0 Å². The van der Waals surface area contributed by atoms with E-state index in [4.69, 9.17) is 4.74 Å². The Morgan fingerprint density at radius 1 is 1.21 bits per heavy atom. The predicted molar refractivity (Wildman–Crippen MR) is 109 cm³/mol. The van der Waals surface area contributed by atoms with Crippen molar-refractivity contribution in [1.82, 2.24) is 15.1 Å². The third kappa shape index (κ3) is 3.32. The standard InChI is InChI=1S/C23H29N3O2/c1-3-28-21-15-20(23(21)12-8-5-9-13-23)26(2)22(27)18-14-19(25-24-16-18)17-10-6-4-7-11-17/h4,6-7,10-11,14,16,20-21H,3,5,8-9,12-13,15H2,1-2H3/t20-,21+/m0/s1. The average molecular weight is 380 g/mol. The number of hydrogen-bond acceptors (Lipinski definition) is 4. The lowest BCUT2D eigenvalue weighted by atomic mass is 9.54. The van der Waals surface area contributed by atoms with Gasteiger partial charge in [-0.1, -0.05) is 49.6 Å². The van der Waals surface area contributed by atoms with Gasteiger partial charge in [0.2, 0.25) is 0 Å². The Morgan fingerprint density at radius 2 is 1.96 bits per heavy atom. The molecule has 5 nitrogen and oxygen atoms in total. The lowest BCUT2D eigenvalue weighted by molar-refractivity contribution is -0.170. The minimum Gasteiger partial charge on any atom is -0.378 e. The van der Waals surface area contributed by atoms with Crippen LogP contribution in [-0.2, 0) is 4.74 Å². The van der Waals surface area contributed by atoms with Gasteiger partial charge in [0.05, 0.1) is 23.6 Å². The van der Waals surface area contributed by atoms with Crippen LogP contribution in [0.3, 0.4) is 0 Å². The van der Waals surface area contributed by atoms with Gasteiger partial charge < -0.3 is 9.64 Å². The van der Waals surface area contributed by atoms with E-state index in [2.05, 4.69) is 17.1 Å². The molecule has 4 rings (SSSR count). The van der Waals surface area contributed by atoms with E-state index < -0.39 is 0 Å². The van der Waals surface area contributed by atoms with Gasteiger partial charge in [-0.2, -0.15) is 10.2 Å². The molecule has 1 aromatic carbocycles. The second kappa shape index (κ2) is 8.00. The third-order valence-corrected chi connectivity index (χ3v) is 6.65. The first-order valence-electron chi connectivity index (χ1n) is 10.4. The molecule has 0 aliphatic heterocycles. The first-order chi connectivity index (χ1) is 13.7. The molecule has 148 valence electrons. The van der Waals surface area contributed by atoms with Crippen LogP contribution in [0.15, 0.2) is 42.6 Å². The van der Waals surface area contributed by atoms with Gasteiger partial charge in [0, 0.05) is 30.7 Å². The molecule has 2 aliphatic rings. The Hall–Kier alpha value is -2.27. The molecular formula is C23H29N3O2. The minimum absolute atomic E-state index is 0.0250. The molecule has 0 unspecified atom stereocenters. The van der Waals surface area contributed by atoms with Crippen LogP contribution in [-0.4, -0.2) is 46.8 Å². The van der Waals surface area contributed by atoms with Gasteiger partial charge >= 0.3 is 0 Å². The van der Waals surface area contributed by atoms with E-state index in [9.17, 15) is 4.79 Å². The van der Waals surface area contributed by atoms with Crippen LogP contribution in [0.25, 0.3) is 11.3 Å². The van der Waals surface area contributed by atoms with Gasteiger partial charge in [-0.15, -0.1) is 0 Å². The number of ether oxygens (including phenoxy) is 1. The SMILES string of the molecule is CCO[C@@H]1C[C@H](N(C)C(=O)c2cnnc(-c3ccccc3)c2)C12CCCCC2. The van der Waals surface area contributed by atoms with Crippen LogP contribution >= 0.6 is 0 Å². The van der Waals surface area contributed by atoms with Crippen LogP contribution in [0.4, 0.5) is 0 Å². The summed E-state index contributed by atoms with van der Waals surface area (Å²) in [5.41, 5.74) is 2.42. The smallest absolute Gasteiger partial charge is 0.255 e. The highest BCUT2D eigenvalue weighted by Gasteiger charge is 2.57.